The molecule has 7 nitrogen and oxygen atoms in total. The number of carbonyl (C=O) groups is 2. The van der Waals surface area contributed by atoms with Gasteiger partial charge in [-0.1, -0.05) is 6.07 Å². The Hall–Kier alpha value is -2.23. The van der Waals surface area contributed by atoms with Gasteiger partial charge >= 0.3 is 0 Å². The molecular formula is C19H23N3O4S2. The number of nitrogens with one attached hydrogen (secondary N) is 2. The third-order valence-corrected chi connectivity index (χ3v) is 8.06. The molecule has 1 atom stereocenters. The molecule has 2 heterocycles. The van der Waals surface area contributed by atoms with Crippen LogP contribution in [0.1, 0.15) is 30.2 Å². The van der Waals surface area contributed by atoms with Gasteiger partial charge in [0.1, 0.15) is 10.3 Å². The number of amides is 2. The molecule has 1 saturated heterocycles. The van der Waals surface area contributed by atoms with Crippen LogP contribution in [0.15, 0.2) is 34.5 Å². The molecule has 150 valence electrons. The zero-order valence-electron chi connectivity index (χ0n) is 16.0. The largest absolute Gasteiger partial charge is 0.326 e. The third kappa shape index (κ3) is 4.11. The van der Waals surface area contributed by atoms with Crippen molar-refractivity contribution in [2.75, 3.05) is 17.2 Å². The minimum atomic E-state index is -3.70. The summed E-state index contributed by atoms with van der Waals surface area (Å²) in [5, 5.41) is 5.55. The van der Waals surface area contributed by atoms with E-state index in [0.29, 0.717) is 36.3 Å². The van der Waals surface area contributed by atoms with Gasteiger partial charge in [0.05, 0.1) is 0 Å². The Morgan fingerprint density at radius 3 is 2.39 bits per heavy atom. The molecule has 2 N–H and O–H groups in total. The maximum Gasteiger partial charge on any atom is 0.253 e. The van der Waals surface area contributed by atoms with E-state index in [4.69, 9.17) is 0 Å². The predicted octanol–water partition coefficient (Wildman–Crippen LogP) is 3.12. The molecule has 3 rings (SSSR count). The van der Waals surface area contributed by atoms with Gasteiger partial charge in [-0.15, -0.1) is 11.3 Å². The lowest BCUT2D eigenvalue weighted by Gasteiger charge is -2.23. The molecular weight excluding hydrogens is 398 g/mol. The highest BCUT2D eigenvalue weighted by atomic mass is 32.2. The quantitative estimate of drug-likeness (QED) is 0.775. The zero-order valence-corrected chi connectivity index (χ0v) is 17.6. The standard InChI is InChI=1S/C19H23N3O4S2/c1-12-9-10-18(27-12)28(25,26)22-11-5-8-17(22)19(24)21-16-7-4-6-15(13(16)2)20-14(3)23/h4,6-7,9-10,17H,5,8,11H2,1-3H3,(H,20,23)(H,21,24). The highest BCUT2D eigenvalue weighted by Gasteiger charge is 2.40. The van der Waals surface area contributed by atoms with Crippen molar-refractivity contribution in [2.45, 2.75) is 43.9 Å². The second-order valence-corrected chi connectivity index (χ2v) is 10.2. The topological polar surface area (TPSA) is 95.6 Å². The highest BCUT2D eigenvalue weighted by molar-refractivity contribution is 7.91. The van der Waals surface area contributed by atoms with Crippen LogP contribution in [-0.2, 0) is 19.6 Å². The van der Waals surface area contributed by atoms with Crippen molar-refractivity contribution in [3.63, 3.8) is 0 Å². The second kappa shape index (κ2) is 8.02. The predicted molar refractivity (Wildman–Crippen MR) is 110 cm³/mol. The molecule has 0 saturated carbocycles. The normalized spacial score (nSPS) is 17.5. The SMILES string of the molecule is CC(=O)Nc1cccc(NC(=O)C2CCCN2S(=O)(=O)c2ccc(C)s2)c1C. The number of nitrogens with zero attached hydrogens (tertiary/aromatic N) is 1. The molecule has 0 aliphatic carbocycles. The fraction of sp³-hybridized carbons (Fsp3) is 0.368. The number of rotatable bonds is 5. The van der Waals surface area contributed by atoms with E-state index in [0.717, 1.165) is 4.88 Å². The Morgan fingerprint density at radius 2 is 1.79 bits per heavy atom. The molecule has 1 unspecified atom stereocenters. The van der Waals surface area contributed by atoms with E-state index < -0.39 is 16.1 Å². The van der Waals surface area contributed by atoms with E-state index in [1.807, 2.05) is 6.92 Å². The van der Waals surface area contributed by atoms with Gasteiger partial charge in [-0.2, -0.15) is 4.31 Å². The van der Waals surface area contributed by atoms with E-state index in [2.05, 4.69) is 10.6 Å². The van der Waals surface area contributed by atoms with E-state index in [1.54, 1.807) is 37.3 Å². The number of thiophene rings is 1. The van der Waals surface area contributed by atoms with E-state index in [-0.39, 0.29) is 16.0 Å². The van der Waals surface area contributed by atoms with Gasteiger partial charge in [-0.25, -0.2) is 8.42 Å². The zero-order chi connectivity index (χ0) is 20.5. The van der Waals surface area contributed by atoms with Gasteiger partial charge in [-0.05, 0) is 56.5 Å². The molecule has 0 spiro atoms. The number of sulfonamides is 1. The molecule has 2 aromatic rings. The first-order valence-electron chi connectivity index (χ1n) is 8.96. The second-order valence-electron chi connectivity index (χ2n) is 6.79. The smallest absolute Gasteiger partial charge is 0.253 e. The lowest BCUT2D eigenvalue weighted by atomic mass is 10.1. The average Bonchev–Trinajstić information content (AvgIpc) is 3.27. The first kappa shape index (κ1) is 20.5. The van der Waals surface area contributed by atoms with E-state index in [1.165, 1.54) is 22.6 Å². The van der Waals surface area contributed by atoms with Gasteiger partial charge < -0.3 is 10.6 Å². The lowest BCUT2D eigenvalue weighted by Crippen LogP contribution is -2.43. The molecule has 1 aliphatic heterocycles. The number of anilines is 2. The van der Waals surface area contributed by atoms with Crippen LogP contribution in [-0.4, -0.2) is 37.1 Å². The molecule has 1 aromatic heterocycles. The summed E-state index contributed by atoms with van der Waals surface area (Å²) in [6.45, 7) is 5.38. The number of aryl methyl sites for hydroxylation is 1. The molecule has 1 aliphatic rings. The summed E-state index contributed by atoms with van der Waals surface area (Å²) < 4.78 is 27.5. The van der Waals surface area contributed by atoms with Gasteiger partial charge in [0.25, 0.3) is 10.0 Å². The first-order valence-corrected chi connectivity index (χ1v) is 11.2. The van der Waals surface area contributed by atoms with E-state index >= 15 is 0 Å². The lowest BCUT2D eigenvalue weighted by molar-refractivity contribution is -0.119. The molecule has 28 heavy (non-hydrogen) atoms. The van der Waals surface area contributed by atoms with Gasteiger partial charge in [0.15, 0.2) is 0 Å². The summed E-state index contributed by atoms with van der Waals surface area (Å²) in [6, 6.07) is 7.80. The van der Waals surface area contributed by atoms with Crippen LogP contribution in [0, 0.1) is 13.8 Å². The summed E-state index contributed by atoms with van der Waals surface area (Å²) >= 11 is 1.21. The monoisotopic (exact) mass is 421 g/mol. The summed E-state index contributed by atoms with van der Waals surface area (Å²) in [6.07, 6.45) is 1.10. The van der Waals surface area contributed by atoms with Crippen LogP contribution in [0.2, 0.25) is 0 Å². The maximum absolute atomic E-state index is 13.0. The molecule has 0 radical (unpaired) electrons. The van der Waals surface area contributed by atoms with Gasteiger partial charge in [0.2, 0.25) is 11.8 Å². The number of hydrogen-bond acceptors (Lipinski definition) is 5. The number of carbonyl (C=O) groups excluding carboxylic acids is 2. The average molecular weight is 422 g/mol. The van der Waals surface area contributed by atoms with Gasteiger partial charge in [0, 0.05) is 29.7 Å². The highest BCUT2D eigenvalue weighted by Crippen LogP contribution is 2.31. The summed E-state index contributed by atoms with van der Waals surface area (Å²) in [7, 11) is -3.70. The molecule has 2 amide bonds. The van der Waals surface area contributed by atoms with Crippen LogP contribution in [0.5, 0.6) is 0 Å². The van der Waals surface area contributed by atoms with Crippen molar-refractivity contribution < 1.29 is 18.0 Å². The first-order chi connectivity index (χ1) is 13.2. The Bertz CT molecular complexity index is 1010. The van der Waals surface area contributed by atoms with Crippen LogP contribution in [0.4, 0.5) is 11.4 Å². The Balaban J connectivity index is 1.82. The fourth-order valence-electron chi connectivity index (χ4n) is 3.27. The summed E-state index contributed by atoms with van der Waals surface area (Å²) in [5.41, 5.74) is 1.87. The Labute approximate surface area is 168 Å². The van der Waals surface area contributed by atoms with Crippen molar-refractivity contribution in [1.29, 1.82) is 0 Å². The third-order valence-electron chi connectivity index (χ3n) is 4.69. The maximum atomic E-state index is 13.0. The molecule has 0 bridgehead atoms. The van der Waals surface area contributed by atoms with Crippen molar-refractivity contribution in [3.05, 3.63) is 40.8 Å². The van der Waals surface area contributed by atoms with Crippen molar-refractivity contribution >= 4 is 44.5 Å². The van der Waals surface area contributed by atoms with Crippen molar-refractivity contribution in [2.24, 2.45) is 0 Å². The van der Waals surface area contributed by atoms with E-state index in [9.17, 15) is 18.0 Å². The van der Waals surface area contributed by atoms with Crippen LogP contribution in [0.3, 0.4) is 0 Å². The van der Waals surface area contributed by atoms with Crippen molar-refractivity contribution in [1.82, 2.24) is 4.31 Å². The molecule has 1 aromatic carbocycles. The number of benzene rings is 1. The van der Waals surface area contributed by atoms with Crippen LogP contribution < -0.4 is 10.6 Å². The Morgan fingerprint density at radius 1 is 1.11 bits per heavy atom. The van der Waals surface area contributed by atoms with Crippen LogP contribution in [0.25, 0.3) is 0 Å². The minimum Gasteiger partial charge on any atom is -0.326 e. The Kier molecular flexibility index (Phi) is 5.87. The molecule has 1 fully saturated rings. The fourth-order valence-corrected chi connectivity index (χ4v) is 6.34. The van der Waals surface area contributed by atoms with Gasteiger partial charge in [-0.3, -0.25) is 9.59 Å². The van der Waals surface area contributed by atoms with Crippen LogP contribution >= 0.6 is 11.3 Å². The number of hydrogen-bond donors (Lipinski definition) is 2. The summed E-state index contributed by atoms with van der Waals surface area (Å²) in [4.78, 5) is 25.1. The van der Waals surface area contributed by atoms with Crippen molar-refractivity contribution in [3.8, 4) is 0 Å². The molecule has 9 heteroatoms. The minimum absolute atomic E-state index is 0.203. The summed E-state index contributed by atoms with van der Waals surface area (Å²) in [5.74, 6) is -0.566.